The molecule has 94 valence electrons. The van der Waals surface area contributed by atoms with Crippen molar-refractivity contribution in [2.45, 2.75) is 24.5 Å². The molecule has 0 saturated heterocycles. The summed E-state index contributed by atoms with van der Waals surface area (Å²) in [4.78, 5) is 0.275. The maximum atomic E-state index is 13.5. The largest absolute Gasteiger partial charge is 0.254 e. The van der Waals surface area contributed by atoms with Gasteiger partial charge in [-0.25, -0.2) is 4.39 Å². The van der Waals surface area contributed by atoms with Crippen LogP contribution < -0.4 is 0 Å². The van der Waals surface area contributed by atoms with Crippen LogP contribution in [0.2, 0.25) is 0 Å². The van der Waals surface area contributed by atoms with Gasteiger partial charge in [-0.1, -0.05) is 41.5 Å². The number of benzene rings is 2. The van der Waals surface area contributed by atoms with E-state index >= 15 is 0 Å². The minimum absolute atomic E-state index is 0.275. The highest BCUT2D eigenvalue weighted by molar-refractivity contribution is 7.84. The third kappa shape index (κ3) is 3.05. The molecule has 3 heteroatoms. The Hall–Kier alpha value is -1.48. The number of hydrogen-bond acceptors (Lipinski definition) is 1. The van der Waals surface area contributed by atoms with Gasteiger partial charge in [-0.15, -0.1) is 0 Å². The first-order valence-corrected chi connectivity index (χ1v) is 7.08. The van der Waals surface area contributed by atoms with Crippen molar-refractivity contribution >= 4 is 10.8 Å². The summed E-state index contributed by atoms with van der Waals surface area (Å²) in [5, 5.41) is 0. The number of rotatable bonds is 3. The lowest BCUT2D eigenvalue weighted by atomic mass is 10.1. The first-order valence-electron chi connectivity index (χ1n) is 5.76. The van der Waals surface area contributed by atoms with Crippen molar-refractivity contribution in [2.75, 3.05) is 0 Å². The first-order chi connectivity index (χ1) is 8.56. The second-order valence-corrected chi connectivity index (χ2v) is 5.84. The van der Waals surface area contributed by atoms with Crippen LogP contribution in [0.1, 0.15) is 16.7 Å². The second-order valence-electron chi connectivity index (χ2n) is 4.42. The predicted octanol–water partition coefficient (Wildman–Crippen LogP) is 3.75. The SMILES string of the molecule is Cc1cc(C)cc(CS(=O)c2ccccc2F)c1. The van der Waals surface area contributed by atoms with Crippen LogP contribution in [0.3, 0.4) is 0 Å². The molecule has 0 spiro atoms. The number of halogens is 1. The van der Waals surface area contributed by atoms with Gasteiger partial charge in [0.1, 0.15) is 5.82 Å². The van der Waals surface area contributed by atoms with Gasteiger partial charge in [0.2, 0.25) is 0 Å². The standard InChI is InChI=1S/C15H15FOS/c1-11-7-12(2)9-13(8-11)10-18(17)15-6-4-3-5-14(15)16/h3-9H,10H2,1-2H3. The summed E-state index contributed by atoms with van der Waals surface area (Å²) >= 11 is 0. The van der Waals surface area contributed by atoms with Crippen LogP contribution in [0.25, 0.3) is 0 Å². The number of hydrogen-bond donors (Lipinski definition) is 0. The molecule has 18 heavy (non-hydrogen) atoms. The lowest BCUT2D eigenvalue weighted by Gasteiger charge is -2.06. The molecule has 0 amide bonds. The Morgan fingerprint density at radius 1 is 1.06 bits per heavy atom. The summed E-state index contributed by atoms with van der Waals surface area (Å²) in [7, 11) is -1.34. The van der Waals surface area contributed by atoms with E-state index in [1.807, 2.05) is 26.0 Å². The van der Waals surface area contributed by atoms with Crippen LogP contribution in [-0.4, -0.2) is 4.21 Å². The van der Waals surface area contributed by atoms with Gasteiger partial charge in [0.05, 0.1) is 21.4 Å². The maximum absolute atomic E-state index is 13.5. The Bertz CT molecular complexity index is 573. The molecule has 1 unspecified atom stereocenters. The van der Waals surface area contributed by atoms with E-state index in [-0.39, 0.29) is 4.90 Å². The summed E-state index contributed by atoms with van der Waals surface area (Å²) in [6, 6.07) is 12.3. The summed E-state index contributed by atoms with van der Waals surface area (Å²) < 4.78 is 25.6. The van der Waals surface area contributed by atoms with Gasteiger partial charge >= 0.3 is 0 Å². The Kier molecular flexibility index (Phi) is 3.92. The Balaban J connectivity index is 2.24. The molecular formula is C15H15FOS. The van der Waals surface area contributed by atoms with E-state index in [1.54, 1.807) is 18.2 Å². The van der Waals surface area contributed by atoms with Crippen molar-refractivity contribution in [3.63, 3.8) is 0 Å². The maximum Gasteiger partial charge on any atom is 0.139 e. The lowest BCUT2D eigenvalue weighted by molar-refractivity contribution is 0.595. The third-order valence-electron chi connectivity index (χ3n) is 2.66. The summed E-state index contributed by atoms with van der Waals surface area (Å²) in [5.74, 6) is -0.0519. The van der Waals surface area contributed by atoms with Crippen LogP contribution in [0.15, 0.2) is 47.4 Å². The van der Waals surface area contributed by atoms with Crippen molar-refractivity contribution in [3.8, 4) is 0 Å². The zero-order chi connectivity index (χ0) is 13.1. The summed E-state index contributed by atoms with van der Waals surface area (Å²) in [6.07, 6.45) is 0. The Morgan fingerprint density at radius 2 is 1.67 bits per heavy atom. The molecule has 1 nitrogen and oxygen atoms in total. The number of aryl methyl sites for hydroxylation is 2. The van der Waals surface area contributed by atoms with E-state index in [1.165, 1.54) is 6.07 Å². The molecule has 0 heterocycles. The molecule has 0 aliphatic heterocycles. The smallest absolute Gasteiger partial charge is 0.139 e. The molecule has 2 aromatic rings. The minimum atomic E-state index is -1.34. The van der Waals surface area contributed by atoms with E-state index in [0.29, 0.717) is 5.75 Å². The quantitative estimate of drug-likeness (QED) is 0.823. The highest BCUT2D eigenvalue weighted by atomic mass is 32.2. The molecule has 1 atom stereocenters. The zero-order valence-electron chi connectivity index (χ0n) is 10.4. The van der Waals surface area contributed by atoms with Crippen LogP contribution >= 0.6 is 0 Å². The fraction of sp³-hybridized carbons (Fsp3) is 0.200. The van der Waals surface area contributed by atoms with Gasteiger partial charge in [0.15, 0.2) is 0 Å². The van der Waals surface area contributed by atoms with Crippen LogP contribution in [0, 0.1) is 19.7 Å². The fourth-order valence-corrected chi connectivity index (χ4v) is 3.15. The van der Waals surface area contributed by atoms with Gasteiger partial charge in [-0.2, -0.15) is 0 Å². The van der Waals surface area contributed by atoms with Gasteiger partial charge in [0, 0.05) is 0 Å². The van der Waals surface area contributed by atoms with Gasteiger partial charge in [-0.05, 0) is 31.5 Å². The predicted molar refractivity (Wildman–Crippen MR) is 72.4 cm³/mol. The van der Waals surface area contributed by atoms with E-state index < -0.39 is 16.6 Å². The van der Waals surface area contributed by atoms with E-state index in [2.05, 4.69) is 6.07 Å². The van der Waals surface area contributed by atoms with Gasteiger partial charge in [-0.3, -0.25) is 4.21 Å². The van der Waals surface area contributed by atoms with E-state index in [9.17, 15) is 8.60 Å². The molecule has 0 aliphatic carbocycles. The van der Waals surface area contributed by atoms with Crippen molar-refractivity contribution < 1.29 is 8.60 Å². The van der Waals surface area contributed by atoms with Crippen molar-refractivity contribution in [1.82, 2.24) is 0 Å². The fourth-order valence-electron chi connectivity index (χ4n) is 2.01. The summed E-state index contributed by atoms with van der Waals surface area (Å²) in [6.45, 7) is 4.01. The van der Waals surface area contributed by atoms with Crippen LogP contribution in [-0.2, 0) is 16.6 Å². The highest BCUT2D eigenvalue weighted by Gasteiger charge is 2.10. The van der Waals surface area contributed by atoms with Crippen molar-refractivity contribution in [1.29, 1.82) is 0 Å². The molecule has 0 radical (unpaired) electrons. The minimum Gasteiger partial charge on any atom is -0.254 e. The van der Waals surface area contributed by atoms with Gasteiger partial charge in [0.25, 0.3) is 0 Å². The topological polar surface area (TPSA) is 17.1 Å². The molecular weight excluding hydrogens is 247 g/mol. The van der Waals surface area contributed by atoms with Gasteiger partial charge < -0.3 is 0 Å². The molecule has 2 aromatic carbocycles. The molecule has 0 aromatic heterocycles. The molecule has 0 saturated carbocycles. The van der Waals surface area contributed by atoms with Crippen LogP contribution in [0.5, 0.6) is 0 Å². The Labute approximate surface area is 109 Å². The highest BCUT2D eigenvalue weighted by Crippen LogP contribution is 2.17. The monoisotopic (exact) mass is 262 g/mol. The van der Waals surface area contributed by atoms with Crippen LogP contribution in [0.4, 0.5) is 4.39 Å². The van der Waals surface area contributed by atoms with E-state index in [4.69, 9.17) is 0 Å². The third-order valence-corrected chi connectivity index (χ3v) is 4.08. The van der Waals surface area contributed by atoms with E-state index in [0.717, 1.165) is 16.7 Å². The van der Waals surface area contributed by atoms with Crippen molar-refractivity contribution in [3.05, 3.63) is 65.0 Å². The Morgan fingerprint density at radius 3 is 2.28 bits per heavy atom. The first kappa shape index (κ1) is 13.0. The molecule has 0 bridgehead atoms. The molecule has 0 N–H and O–H groups in total. The average Bonchev–Trinajstić information content (AvgIpc) is 2.27. The molecule has 2 rings (SSSR count). The lowest BCUT2D eigenvalue weighted by Crippen LogP contribution is -1.99. The summed E-state index contributed by atoms with van der Waals surface area (Å²) in [5.41, 5.74) is 3.25. The molecule has 0 aliphatic rings. The second kappa shape index (κ2) is 5.44. The normalized spacial score (nSPS) is 12.4. The van der Waals surface area contributed by atoms with Crippen molar-refractivity contribution in [2.24, 2.45) is 0 Å². The average molecular weight is 262 g/mol. The zero-order valence-corrected chi connectivity index (χ0v) is 11.3. The molecule has 0 fully saturated rings.